The lowest BCUT2D eigenvalue weighted by Crippen LogP contribution is -2.30. The predicted molar refractivity (Wildman–Crippen MR) is 339 cm³/mol. The van der Waals surface area contributed by atoms with Gasteiger partial charge in [-0.05, 0) is 83.5 Å². The number of ether oxygens (including phenoxy) is 3. The summed E-state index contributed by atoms with van der Waals surface area (Å²) in [5.74, 6) is -0.864. The summed E-state index contributed by atoms with van der Waals surface area (Å²) in [6.07, 6.45) is 84.7. The van der Waals surface area contributed by atoms with Crippen LogP contribution in [0.4, 0.5) is 0 Å². The van der Waals surface area contributed by atoms with Crippen molar-refractivity contribution in [2.75, 3.05) is 13.2 Å². The third kappa shape index (κ3) is 64.2. The van der Waals surface area contributed by atoms with Gasteiger partial charge in [-0.1, -0.05) is 320 Å². The first-order valence-corrected chi connectivity index (χ1v) is 34.6. The maximum Gasteiger partial charge on any atom is 0.306 e. The molecule has 0 rings (SSSR count). The molecule has 0 radical (unpaired) electrons. The van der Waals surface area contributed by atoms with E-state index in [0.29, 0.717) is 19.3 Å². The van der Waals surface area contributed by atoms with Gasteiger partial charge in [-0.3, -0.25) is 14.4 Å². The van der Waals surface area contributed by atoms with E-state index in [9.17, 15) is 14.4 Å². The van der Waals surface area contributed by atoms with Crippen LogP contribution in [0.1, 0.15) is 374 Å². The van der Waals surface area contributed by atoms with Gasteiger partial charge in [0.1, 0.15) is 13.2 Å². The zero-order valence-corrected chi connectivity index (χ0v) is 52.5. The van der Waals surface area contributed by atoms with Crippen molar-refractivity contribution >= 4 is 17.9 Å². The first-order chi connectivity index (χ1) is 38.5. The second-order valence-electron chi connectivity index (χ2n) is 23.4. The number of esters is 3. The molecule has 1 unspecified atom stereocenters. The van der Waals surface area contributed by atoms with Crippen molar-refractivity contribution in [2.24, 2.45) is 0 Å². The van der Waals surface area contributed by atoms with Gasteiger partial charge in [-0.25, -0.2) is 0 Å². The van der Waals surface area contributed by atoms with Crippen LogP contribution >= 0.6 is 0 Å². The summed E-state index contributed by atoms with van der Waals surface area (Å²) in [4.78, 5) is 38.0. The zero-order chi connectivity index (χ0) is 56.4. The van der Waals surface area contributed by atoms with E-state index in [1.165, 1.54) is 263 Å². The molecule has 78 heavy (non-hydrogen) atoms. The van der Waals surface area contributed by atoms with Gasteiger partial charge in [0, 0.05) is 19.3 Å². The van der Waals surface area contributed by atoms with Crippen molar-refractivity contribution in [3.8, 4) is 0 Å². The molecule has 1 atom stereocenters. The summed E-state index contributed by atoms with van der Waals surface area (Å²) in [5, 5.41) is 0. The largest absolute Gasteiger partial charge is 0.462 e. The van der Waals surface area contributed by atoms with Crippen LogP contribution in [0.2, 0.25) is 0 Å². The average molecular weight is 1090 g/mol. The fourth-order valence-electron chi connectivity index (χ4n) is 10.3. The minimum absolute atomic E-state index is 0.0702. The summed E-state index contributed by atoms with van der Waals surface area (Å²) >= 11 is 0. The Bertz CT molecular complexity index is 1350. The van der Waals surface area contributed by atoms with Crippen LogP contribution in [-0.2, 0) is 28.6 Å². The van der Waals surface area contributed by atoms with Crippen molar-refractivity contribution in [2.45, 2.75) is 380 Å². The topological polar surface area (TPSA) is 78.9 Å². The Kier molecular flexibility index (Phi) is 64.6. The molecule has 0 fully saturated rings. The normalized spacial score (nSPS) is 12.3. The highest BCUT2D eigenvalue weighted by atomic mass is 16.6. The lowest BCUT2D eigenvalue weighted by Gasteiger charge is -2.18. The summed E-state index contributed by atoms with van der Waals surface area (Å²) in [6, 6.07) is 0. The monoisotopic (exact) mass is 1090 g/mol. The molecule has 0 bridgehead atoms. The lowest BCUT2D eigenvalue weighted by molar-refractivity contribution is -0.167. The van der Waals surface area contributed by atoms with Crippen molar-refractivity contribution < 1.29 is 28.6 Å². The number of allylic oxidation sites excluding steroid dienone is 8. The Balaban J connectivity index is 3.91. The van der Waals surface area contributed by atoms with Crippen LogP contribution in [0.25, 0.3) is 0 Å². The van der Waals surface area contributed by atoms with Gasteiger partial charge < -0.3 is 14.2 Å². The minimum Gasteiger partial charge on any atom is -0.462 e. The predicted octanol–water partition coefficient (Wildman–Crippen LogP) is 23.7. The molecule has 0 aromatic carbocycles. The molecule has 0 amide bonds. The number of hydrogen-bond acceptors (Lipinski definition) is 6. The molecule has 6 heteroatoms. The number of hydrogen-bond donors (Lipinski definition) is 0. The summed E-state index contributed by atoms with van der Waals surface area (Å²) in [6.45, 7) is 6.59. The maximum atomic E-state index is 12.8. The lowest BCUT2D eigenvalue weighted by atomic mass is 10.0. The molecule has 0 aliphatic heterocycles. The average Bonchev–Trinajstić information content (AvgIpc) is 3.44. The Labute approximate surface area is 486 Å². The van der Waals surface area contributed by atoms with E-state index >= 15 is 0 Å². The van der Waals surface area contributed by atoms with Gasteiger partial charge in [0.15, 0.2) is 6.10 Å². The number of rotatable bonds is 64. The molecule has 6 nitrogen and oxygen atoms in total. The van der Waals surface area contributed by atoms with E-state index in [-0.39, 0.29) is 31.1 Å². The van der Waals surface area contributed by atoms with E-state index < -0.39 is 6.10 Å². The van der Waals surface area contributed by atoms with Crippen molar-refractivity contribution in [1.29, 1.82) is 0 Å². The fourth-order valence-corrected chi connectivity index (χ4v) is 10.3. The van der Waals surface area contributed by atoms with Crippen molar-refractivity contribution in [1.82, 2.24) is 0 Å². The van der Waals surface area contributed by atoms with Gasteiger partial charge in [0.25, 0.3) is 0 Å². The SMILES string of the molecule is CCCCC/C=C\C/C=C\CCCCCCCCCCCC(=O)OC(COC(=O)CCCCCCCC)COC(=O)CCCCCCCCCCCCCCCCCCCCCCCCC/C=C\C/C=C\CCCCCCC. The van der Waals surface area contributed by atoms with E-state index in [2.05, 4.69) is 69.4 Å². The van der Waals surface area contributed by atoms with E-state index in [0.717, 1.165) is 70.6 Å². The van der Waals surface area contributed by atoms with Gasteiger partial charge >= 0.3 is 17.9 Å². The number of carbonyl (C=O) groups is 3. The fraction of sp³-hybridized carbons (Fsp3) is 0.847. The van der Waals surface area contributed by atoms with Crippen LogP contribution in [0.3, 0.4) is 0 Å². The third-order valence-corrected chi connectivity index (χ3v) is 15.6. The van der Waals surface area contributed by atoms with Gasteiger partial charge in [0.05, 0.1) is 0 Å². The molecular weight excluding hydrogens is 961 g/mol. The molecule has 0 spiro atoms. The van der Waals surface area contributed by atoms with Crippen molar-refractivity contribution in [3.63, 3.8) is 0 Å². The Hall–Kier alpha value is -2.63. The standard InChI is InChI=1S/C72H132O6/c1-4-7-10-13-16-18-20-22-24-26-28-29-30-31-32-33-34-35-36-37-38-39-40-41-42-43-45-46-48-50-52-54-56-59-62-65-71(74)77-68-69(67-76-70(73)64-61-58-15-12-9-6-3)78-72(75)66-63-60-57-55-53-51-49-47-44-27-25-23-21-19-17-14-11-8-5-2/h17,19-20,22-23,25-26,28,69H,4-16,18,21,24,27,29-68H2,1-3H3/b19-17-,22-20-,25-23-,28-26-. The van der Waals surface area contributed by atoms with Crippen LogP contribution < -0.4 is 0 Å². The highest BCUT2D eigenvalue weighted by molar-refractivity contribution is 5.71. The molecule has 456 valence electrons. The first kappa shape index (κ1) is 75.4. The second kappa shape index (κ2) is 66.9. The molecule has 0 aliphatic rings. The molecule has 0 aromatic rings. The molecular formula is C72H132O6. The van der Waals surface area contributed by atoms with Gasteiger partial charge in [0.2, 0.25) is 0 Å². The second-order valence-corrected chi connectivity index (χ2v) is 23.4. The first-order valence-electron chi connectivity index (χ1n) is 34.6. The smallest absolute Gasteiger partial charge is 0.306 e. The van der Waals surface area contributed by atoms with Crippen LogP contribution in [0.15, 0.2) is 48.6 Å². The number of unbranched alkanes of at least 4 members (excludes halogenated alkanes) is 45. The maximum absolute atomic E-state index is 12.8. The molecule has 0 saturated carbocycles. The molecule has 0 aliphatic carbocycles. The highest BCUT2D eigenvalue weighted by Gasteiger charge is 2.19. The Morgan fingerprint density at radius 3 is 0.731 bits per heavy atom. The quantitative estimate of drug-likeness (QED) is 0.0261. The van der Waals surface area contributed by atoms with E-state index in [1.807, 2.05) is 0 Å². The van der Waals surface area contributed by atoms with Crippen LogP contribution in [0.5, 0.6) is 0 Å². The van der Waals surface area contributed by atoms with Crippen LogP contribution in [-0.4, -0.2) is 37.2 Å². The molecule has 0 saturated heterocycles. The molecule has 0 N–H and O–H groups in total. The summed E-state index contributed by atoms with van der Waals surface area (Å²) in [5.41, 5.74) is 0. The van der Waals surface area contributed by atoms with E-state index in [1.54, 1.807) is 0 Å². The van der Waals surface area contributed by atoms with Gasteiger partial charge in [-0.2, -0.15) is 0 Å². The Morgan fingerprint density at radius 2 is 0.462 bits per heavy atom. The molecule has 0 aromatic heterocycles. The van der Waals surface area contributed by atoms with Crippen molar-refractivity contribution in [3.05, 3.63) is 48.6 Å². The Morgan fingerprint density at radius 1 is 0.256 bits per heavy atom. The van der Waals surface area contributed by atoms with E-state index in [4.69, 9.17) is 14.2 Å². The highest BCUT2D eigenvalue weighted by Crippen LogP contribution is 2.18. The zero-order valence-electron chi connectivity index (χ0n) is 52.5. The number of carbonyl (C=O) groups excluding carboxylic acids is 3. The summed E-state index contributed by atoms with van der Waals surface area (Å²) in [7, 11) is 0. The minimum atomic E-state index is -0.770. The van der Waals surface area contributed by atoms with Gasteiger partial charge in [-0.15, -0.1) is 0 Å². The third-order valence-electron chi connectivity index (χ3n) is 15.6. The molecule has 0 heterocycles. The van der Waals surface area contributed by atoms with Crippen LogP contribution in [0, 0.1) is 0 Å². The summed E-state index contributed by atoms with van der Waals surface area (Å²) < 4.78 is 16.8.